The number of hydrogen-bond donors (Lipinski definition) is 0. The van der Waals surface area contributed by atoms with Crippen LogP contribution < -0.4 is 0 Å². The molecule has 1 aliphatic rings. The molecule has 9 nitrogen and oxygen atoms in total. The van der Waals surface area contributed by atoms with Crippen molar-refractivity contribution in [1.82, 2.24) is 9.80 Å². The van der Waals surface area contributed by atoms with E-state index >= 15 is 0 Å². The molecule has 1 heterocycles. The first-order valence-corrected chi connectivity index (χ1v) is 10.1. The number of carbonyl (C=O) groups excluding carboxylic acids is 3. The Morgan fingerprint density at radius 1 is 1.28 bits per heavy atom. The Morgan fingerprint density at radius 2 is 1.93 bits per heavy atom. The molecule has 0 N–H and O–H groups in total. The van der Waals surface area contributed by atoms with E-state index in [-0.39, 0.29) is 34.6 Å². The Kier molecular flexibility index (Phi) is 8.00. The van der Waals surface area contributed by atoms with E-state index in [1.807, 2.05) is 0 Å². The van der Waals surface area contributed by atoms with E-state index in [2.05, 4.69) is 0 Å². The standard InChI is InChI=1S/C19H25N3O6S/c1-13(23)29-17-10-16(8-9-18(24)20(2)3)21(11-17)19(25)28-12-14-4-6-15(7-5-14)22(26)27/h4-7,16-17H,8-12H2,1-3H3/t16-,17+/m1/s1. The van der Waals surface area contributed by atoms with Crippen LogP contribution in [0.2, 0.25) is 0 Å². The van der Waals surface area contributed by atoms with Crippen LogP contribution in [0.4, 0.5) is 10.5 Å². The van der Waals surface area contributed by atoms with Gasteiger partial charge >= 0.3 is 6.09 Å². The molecule has 1 aromatic carbocycles. The highest BCUT2D eigenvalue weighted by Gasteiger charge is 2.37. The summed E-state index contributed by atoms with van der Waals surface area (Å²) in [4.78, 5) is 49.3. The molecule has 0 aliphatic carbocycles. The third-order valence-corrected chi connectivity index (χ3v) is 5.65. The van der Waals surface area contributed by atoms with Gasteiger partial charge in [0.2, 0.25) is 5.91 Å². The number of nitro benzene ring substituents is 1. The fraction of sp³-hybridized carbons (Fsp3) is 0.526. The molecule has 1 aliphatic heterocycles. The Morgan fingerprint density at radius 3 is 2.48 bits per heavy atom. The van der Waals surface area contributed by atoms with Crippen LogP contribution in [0.1, 0.15) is 31.7 Å². The van der Waals surface area contributed by atoms with Crippen LogP contribution in [0.5, 0.6) is 0 Å². The molecular weight excluding hydrogens is 398 g/mol. The SMILES string of the molecule is CC(=O)S[C@H]1C[C@@H](CCC(=O)N(C)C)N(C(=O)OCc2ccc([N+](=O)[O-])cc2)C1. The van der Waals surface area contributed by atoms with Gasteiger partial charge in [-0.05, 0) is 30.5 Å². The zero-order valence-corrected chi connectivity index (χ0v) is 17.5. The van der Waals surface area contributed by atoms with Crippen LogP contribution in [0.25, 0.3) is 0 Å². The average molecular weight is 423 g/mol. The number of non-ortho nitro benzene ring substituents is 1. The molecule has 2 rings (SSSR count). The van der Waals surface area contributed by atoms with E-state index in [0.29, 0.717) is 31.4 Å². The average Bonchev–Trinajstić information content (AvgIpc) is 3.06. The zero-order valence-electron chi connectivity index (χ0n) is 16.7. The molecule has 0 unspecified atom stereocenters. The van der Waals surface area contributed by atoms with Gasteiger partial charge in [-0.3, -0.25) is 19.7 Å². The maximum absolute atomic E-state index is 12.6. The molecule has 2 atom stereocenters. The monoisotopic (exact) mass is 423 g/mol. The Balaban J connectivity index is 1.98. The topological polar surface area (TPSA) is 110 Å². The van der Waals surface area contributed by atoms with Gasteiger partial charge in [0.05, 0.1) is 4.92 Å². The molecule has 0 spiro atoms. The fourth-order valence-corrected chi connectivity index (χ4v) is 4.17. The van der Waals surface area contributed by atoms with Crippen molar-refractivity contribution in [3.63, 3.8) is 0 Å². The molecule has 10 heteroatoms. The van der Waals surface area contributed by atoms with Gasteiger partial charge in [-0.1, -0.05) is 11.8 Å². The lowest BCUT2D eigenvalue weighted by atomic mass is 10.1. The largest absolute Gasteiger partial charge is 0.445 e. The van der Waals surface area contributed by atoms with E-state index in [0.717, 1.165) is 0 Å². The van der Waals surface area contributed by atoms with Crippen LogP contribution in [0, 0.1) is 10.1 Å². The lowest BCUT2D eigenvalue weighted by Gasteiger charge is -2.24. The molecule has 1 aromatic rings. The van der Waals surface area contributed by atoms with Gasteiger partial charge in [-0.2, -0.15) is 0 Å². The Bertz CT molecular complexity index is 768. The van der Waals surface area contributed by atoms with Crippen molar-refractivity contribution in [2.24, 2.45) is 0 Å². The van der Waals surface area contributed by atoms with Gasteiger partial charge in [0.1, 0.15) is 6.61 Å². The summed E-state index contributed by atoms with van der Waals surface area (Å²) in [6, 6.07) is 5.61. The van der Waals surface area contributed by atoms with Crippen LogP contribution in [0.15, 0.2) is 24.3 Å². The van der Waals surface area contributed by atoms with Crippen molar-refractivity contribution in [2.45, 2.75) is 44.1 Å². The highest BCUT2D eigenvalue weighted by atomic mass is 32.2. The predicted octanol–water partition coefficient (Wildman–Crippen LogP) is 2.82. The highest BCUT2D eigenvalue weighted by Crippen LogP contribution is 2.31. The van der Waals surface area contributed by atoms with Crippen LogP contribution in [0.3, 0.4) is 0 Å². The summed E-state index contributed by atoms with van der Waals surface area (Å²) in [6.07, 6.45) is 0.912. The second-order valence-corrected chi connectivity index (χ2v) is 8.56. The van der Waals surface area contributed by atoms with Crippen molar-refractivity contribution >= 4 is 34.6 Å². The summed E-state index contributed by atoms with van der Waals surface area (Å²) in [6.45, 7) is 1.86. The van der Waals surface area contributed by atoms with E-state index in [1.165, 1.54) is 47.9 Å². The number of ether oxygens (including phenoxy) is 1. The maximum Gasteiger partial charge on any atom is 0.410 e. The van der Waals surface area contributed by atoms with Gasteiger partial charge in [-0.25, -0.2) is 4.79 Å². The fourth-order valence-electron chi connectivity index (χ4n) is 3.15. The molecule has 0 aromatic heterocycles. The number of rotatable bonds is 7. The number of nitrogens with zero attached hydrogens (tertiary/aromatic N) is 3. The van der Waals surface area contributed by atoms with E-state index < -0.39 is 11.0 Å². The minimum absolute atomic E-state index is 0.0127. The van der Waals surface area contributed by atoms with Crippen molar-refractivity contribution < 1.29 is 24.0 Å². The quantitative estimate of drug-likeness (QED) is 0.490. The summed E-state index contributed by atoms with van der Waals surface area (Å²) in [7, 11) is 3.36. The highest BCUT2D eigenvalue weighted by molar-refractivity contribution is 8.14. The van der Waals surface area contributed by atoms with Crippen molar-refractivity contribution in [3.05, 3.63) is 39.9 Å². The number of amides is 2. The van der Waals surface area contributed by atoms with Gasteiger partial charge in [0.15, 0.2) is 5.12 Å². The van der Waals surface area contributed by atoms with Gasteiger partial charge < -0.3 is 14.5 Å². The number of thioether (sulfide) groups is 1. The summed E-state index contributed by atoms with van der Waals surface area (Å²) in [5.41, 5.74) is 0.603. The second-order valence-electron chi connectivity index (χ2n) is 7.08. The van der Waals surface area contributed by atoms with Crippen LogP contribution in [-0.4, -0.2) is 63.8 Å². The molecule has 1 fully saturated rings. The van der Waals surface area contributed by atoms with E-state index in [1.54, 1.807) is 19.0 Å². The third kappa shape index (κ3) is 6.74. The van der Waals surface area contributed by atoms with Gasteiger partial charge in [0, 0.05) is 57.4 Å². The summed E-state index contributed by atoms with van der Waals surface area (Å²) in [5, 5.41) is 10.7. The first kappa shape index (κ1) is 22.7. The van der Waals surface area contributed by atoms with Gasteiger partial charge in [0.25, 0.3) is 5.69 Å². The first-order valence-electron chi connectivity index (χ1n) is 9.21. The molecular formula is C19H25N3O6S. The van der Waals surface area contributed by atoms with E-state index in [4.69, 9.17) is 4.74 Å². The molecule has 0 bridgehead atoms. The van der Waals surface area contributed by atoms with Crippen molar-refractivity contribution in [2.75, 3.05) is 20.6 Å². The summed E-state index contributed by atoms with van der Waals surface area (Å²) < 4.78 is 5.38. The first-order chi connectivity index (χ1) is 13.7. The van der Waals surface area contributed by atoms with Crippen LogP contribution >= 0.6 is 11.8 Å². The predicted molar refractivity (Wildman–Crippen MR) is 108 cm³/mol. The smallest absolute Gasteiger partial charge is 0.410 e. The summed E-state index contributed by atoms with van der Waals surface area (Å²) >= 11 is 1.20. The Labute approximate surface area is 173 Å². The summed E-state index contributed by atoms with van der Waals surface area (Å²) in [5.74, 6) is -0.0214. The molecule has 29 heavy (non-hydrogen) atoms. The normalized spacial score (nSPS) is 18.4. The number of carbonyl (C=O) groups is 3. The minimum Gasteiger partial charge on any atom is -0.445 e. The second kappa shape index (κ2) is 10.2. The molecule has 0 radical (unpaired) electrons. The minimum atomic E-state index is -0.516. The lowest BCUT2D eigenvalue weighted by molar-refractivity contribution is -0.384. The number of nitro groups is 1. The number of likely N-dealkylation sites (tertiary alicyclic amines) is 1. The molecule has 158 valence electrons. The van der Waals surface area contributed by atoms with Crippen molar-refractivity contribution in [1.29, 1.82) is 0 Å². The van der Waals surface area contributed by atoms with Crippen molar-refractivity contribution in [3.8, 4) is 0 Å². The lowest BCUT2D eigenvalue weighted by Crippen LogP contribution is -2.37. The molecule has 2 amide bonds. The van der Waals surface area contributed by atoms with Crippen LogP contribution in [-0.2, 0) is 20.9 Å². The zero-order chi connectivity index (χ0) is 21.6. The number of hydrogen-bond acceptors (Lipinski definition) is 7. The van der Waals surface area contributed by atoms with E-state index in [9.17, 15) is 24.5 Å². The Hall–Kier alpha value is -2.62. The maximum atomic E-state index is 12.6. The van der Waals surface area contributed by atoms with Gasteiger partial charge in [-0.15, -0.1) is 0 Å². The molecule has 1 saturated heterocycles. The molecule has 0 saturated carbocycles. The third-order valence-electron chi connectivity index (χ3n) is 4.64. The number of benzene rings is 1.